The van der Waals surface area contributed by atoms with Gasteiger partial charge < -0.3 is 15.1 Å². The van der Waals surface area contributed by atoms with Crippen LogP contribution in [0.5, 0.6) is 5.75 Å². The van der Waals surface area contributed by atoms with Crippen LogP contribution in [0.1, 0.15) is 5.56 Å². The molecule has 0 unspecified atom stereocenters. The molecule has 1 rings (SSSR count). The Morgan fingerprint density at radius 1 is 1.43 bits per heavy atom. The number of hydrogen-bond acceptors (Lipinski definition) is 4. The largest absolute Gasteiger partial charge is 0.482 e. The van der Waals surface area contributed by atoms with Gasteiger partial charge in [-0.1, -0.05) is 5.16 Å². The topological polar surface area (TPSA) is 79.1 Å². The molecule has 0 fully saturated rings. The first-order valence-corrected chi connectivity index (χ1v) is 3.84. The molecule has 0 saturated heterocycles. The highest BCUT2D eigenvalue weighted by molar-refractivity contribution is 5.79. The van der Waals surface area contributed by atoms with Crippen molar-refractivity contribution in [1.82, 2.24) is 0 Å². The summed E-state index contributed by atoms with van der Waals surface area (Å²) >= 11 is 0. The van der Waals surface area contributed by atoms with Gasteiger partial charge in [0.1, 0.15) is 5.75 Å². The number of carbonyl (C=O) groups is 1. The summed E-state index contributed by atoms with van der Waals surface area (Å²) in [4.78, 5) is 10.2. The molecule has 5 nitrogen and oxygen atoms in total. The van der Waals surface area contributed by atoms with Crippen molar-refractivity contribution >= 4 is 12.2 Å². The third-order valence-corrected chi connectivity index (χ3v) is 1.45. The lowest BCUT2D eigenvalue weighted by Gasteiger charge is -2.02. The number of oxime groups is 1. The minimum absolute atomic E-state index is 0.368. The summed E-state index contributed by atoms with van der Waals surface area (Å²) in [5, 5.41) is 19.4. The maximum Gasteiger partial charge on any atom is 0.341 e. The van der Waals surface area contributed by atoms with Crippen LogP contribution in [0, 0.1) is 0 Å². The Bertz CT molecular complexity index is 331. The number of aliphatic carboxylic acids is 1. The van der Waals surface area contributed by atoms with Crippen molar-refractivity contribution < 1.29 is 19.8 Å². The van der Waals surface area contributed by atoms with Crippen LogP contribution in [-0.2, 0) is 4.79 Å². The molecule has 0 aliphatic carbocycles. The zero-order valence-electron chi connectivity index (χ0n) is 7.25. The Labute approximate surface area is 80.2 Å². The maximum atomic E-state index is 10.2. The first-order valence-electron chi connectivity index (χ1n) is 3.84. The van der Waals surface area contributed by atoms with Gasteiger partial charge in [0, 0.05) is 0 Å². The van der Waals surface area contributed by atoms with Crippen LogP contribution in [0.15, 0.2) is 29.4 Å². The average molecular weight is 195 g/mol. The minimum Gasteiger partial charge on any atom is -0.482 e. The van der Waals surface area contributed by atoms with E-state index in [-0.39, 0.29) is 6.61 Å². The molecule has 2 N–H and O–H groups in total. The third kappa shape index (κ3) is 3.14. The third-order valence-electron chi connectivity index (χ3n) is 1.45. The molecule has 0 radical (unpaired) electrons. The highest BCUT2D eigenvalue weighted by Gasteiger charge is 1.98. The highest BCUT2D eigenvalue weighted by Crippen LogP contribution is 2.10. The molecule has 0 atom stereocenters. The summed E-state index contributed by atoms with van der Waals surface area (Å²) in [5.41, 5.74) is 0.704. The zero-order valence-corrected chi connectivity index (χ0v) is 7.25. The van der Waals surface area contributed by atoms with Gasteiger partial charge in [0.2, 0.25) is 0 Å². The summed E-state index contributed by atoms with van der Waals surface area (Å²) in [5.74, 6) is -0.562. The zero-order chi connectivity index (χ0) is 10.4. The van der Waals surface area contributed by atoms with Gasteiger partial charge in [-0.05, 0) is 29.8 Å². The van der Waals surface area contributed by atoms with E-state index in [0.717, 1.165) is 0 Å². The number of ether oxygens (including phenoxy) is 1. The molecule has 0 aromatic heterocycles. The molecule has 0 bridgehead atoms. The summed E-state index contributed by atoms with van der Waals surface area (Å²) in [6.45, 7) is -0.368. The number of rotatable bonds is 4. The van der Waals surface area contributed by atoms with Gasteiger partial charge in [0.05, 0.1) is 6.21 Å². The molecule has 0 heterocycles. The monoisotopic (exact) mass is 195 g/mol. The summed E-state index contributed by atoms with van der Waals surface area (Å²) in [6, 6.07) is 6.49. The van der Waals surface area contributed by atoms with Crippen molar-refractivity contribution in [3.63, 3.8) is 0 Å². The Hall–Kier alpha value is -2.04. The van der Waals surface area contributed by atoms with E-state index in [9.17, 15) is 4.79 Å². The predicted molar refractivity (Wildman–Crippen MR) is 49.0 cm³/mol. The normalized spacial score (nSPS) is 10.3. The van der Waals surface area contributed by atoms with Gasteiger partial charge in [-0.15, -0.1) is 0 Å². The maximum absolute atomic E-state index is 10.2. The molecule has 1 aromatic rings. The van der Waals surface area contributed by atoms with E-state index in [4.69, 9.17) is 15.1 Å². The van der Waals surface area contributed by atoms with Gasteiger partial charge >= 0.3 is 5.97 Å². The second-order valence-electron chi connectivity index (χ2n) is 2.50. The molecule has 0 spiro atoms. The predicted octanol–water partition coefficient (Wildman–Crippen LogP) is 0.958. The summed E-state index contributed by atoms with van der Waals surface area (Å²) < 4.78 is 4.89. The molecule has 5 heteroatoms. The number of nitrogens with zero attached hydrogens (tertiary/aromatic N) is 1. The highest BCUT2D eigenvalue weighted by atomic mass is 16.5. The van der Waals surface area contributed by atoms with E-state index in [1.54, 1.807) is 24.3 Å². The van der Waals surface area contributed by atoms with Crippen LogP contribution < -0.4 is 4.74 Å². The smallest absolute Gasteiger partial charge is 0.341 e. The van der Waals surface area contributed by atoms with Crippen LogP contribution in [0.3, 0.4) is 0 Å². The standard InChI is InChI=1S/C9H9NO4/c11-9(12)6-14-8-3-1-7(2-4-8)5-10-13/h1-5,13H,6H2,(H,11,12)/b10-5-. The van der Waals surface area contributed by atoms with Crippen LogP contribution >= 0.6 is 0 Å². The van der Waals surface area contributed by atoms with Crippen LogP contribution in [-0.4, -0.2) is 29.1 Å². The molecule has 0 amide bonds. The van der Waals surface area contributed by atoms with Crippen LogP contribution in [0.25, 0.3) is 0 Å². The first-order chi connectivity index (χ1) is 6.72. The Balaban J connectivity index is 2.59. The second-order valence-corrected chi connectivity index (χ2v) is 2.50. The summed E-state index contributed by atoms with van der Waals surface area (Å²) in [6.07, 6.45) is 1.26. The Kier molecular flexibility index (Phi) is 3.49. The molecule has 14 heavy (non-hydrogen) atoms. The van der Waals surface area contributed by atoms with Crippen molar-refractivity contribution in [2.24, 2.45) is 5.16 Å². The van der Waals surface area contributed by atoms with Crippen LogP contribution in [0.4, 0.5) is 0 Å². The average Bonchev–Trinajstić information content (AvgIpc) is 2.17. The van der Waals surface area contributed by atoms with Gasteiger partial charge in [0.25, 0.3) is 0 Å². The lowest BCUT2D eigenvalue weighted by Crippen LogP contribution is -2.09. The van der Waals surface area contributed by atoms with Crippen molar-refractivity contribution in [3.8, 4) is 5.75 Å². The van der Waals surface area contributed by atoms with Gasteiger partial charge in [-0.2, -0.15) is 0 Å². The Morgan fingerprint density at radius 2 is 2.07 bits per heavy atom. The SMILES string of the molecule is O=C(O)COc1ccc(/C=N\O)cc1. The van der Waals surface area contributed by atoms with Crippen LogP contribution in [0.2, 0.25) is 0 Å². The first kappa shape index (κ1) is 10.0. The van der Waals surface area contributed by atoms with E-state index in [1.165, 1.54) is 6.21 Å². The number of hydrogen-bond donors (Lipinski definition) is 2. The van der Waals surface area contributed by atoms with Crippen molar-refractivity contribution in [1.29, 1.82) is 0 Å². The fourth-order valence-electron chi connectivity index (χ4n) is 0.862. The molecule has 74 valence electrons. The van der Waals surface area contributed by atoms with E-state index in [2.05, 4.69) is 5.16 Å². The number of benzene rings is 1. The molecule has 0 aliphatic rings. The fraction of sp³-hybridized carbons (Fsp3) is 0.111. The van der Waals surface area contributed by atoms with E-state index < -0.39 is 5.97 Å². The van der Waals surface area contributed by atoms with E-state index in [0.29, 0.717) is 11.3 Å². The molecule has 0 aliphatic heterocycles. The lowest BCUT2D eigenvalue weighted by atomic mass is 10.2. The Morgan fingerprint density at radius 3 is 2.57 bits per heavy atom. The quantitative estimate of drug-likeness (QED) is 0.426. The molecule has 0 saturated carbocycles. The van der Waals surface area contributed by atoms with Gasteiger partial charge in [-0.25, -0.2) is 4.79 Å². The molecule has 1 aromatic carbocycles. The molecular weight excluding hydrogens is 186 g/mol. The number of carboxylic acids is 1. The van der Waals surface area contributed by atoms with Crippen molar-refractivity contribution in [2.45, 2.75) is 0 Å². The van der Waals surface area contributed by atoms with Gasteiger partial charge in [0.15, 0.2) is 6.61 Å². The number of carboxylic acid groups (broad SMARTS) is 1. The second kappa shape index (κ2) is 4.86. The van der Waals surface area contributed by atoms with E-state index in [1.807, 2.05) is 0 Å². The summed E-state index contributed by atoms with van der Waals surface area (Å²) in [7, 11) is 0. The van der Waals surface area contributed by atoms with E-state index >= 15 is 0 Å². The van der Waals surface area contributed by atoms with Crippen molar-refractivity contribution in [3.05, 3.63) is 29.8 Å². The van der Waals surface area contributed by atoms with Gasteiger partial charge in [-0.3, -0.25) is 0 Å². The molecular formula is C9H9NO4. The minimum atomic E-state index is -1.02. The lowest BCUT2D eigenvalue weighted by molar-refractivity contribution is -0.139. The fourth-order valence-corrected chi connectivity index (χ4v) is 0.862. The van der Waals surface area contributed by atoms with Crippen molar-refractivity contribution in [2.75, 3.05) is 6.61 Å².